The first-order valence-electron chi connectivity index (χ1n) is 7.18. The van der Waals surface area contributed by atoms with Crippen LogP contribution in [-0.4, -0.2) is 34.7 Å². The molecule has 3 N–H and O–H groups in total. The molecule has 0 aromatic carbocycles. The first-order valence-corrected chi connectivity index (χ1v) is 7.18. The van der Waals surface area contributed by atoms with Gasteiger partial charge < -0.3 is 15.5 Å². The Morgan fingerprint density at radius 3 is 2.42 bits per heavy atom. The van der Waals surface area contributed by atoms with E-state index in [1.165, 1.54) is 0 Å². The zero-order valence-electron chi connectivity index (χ0n) is 11.8. The van der Waals surface area contributed by atoms with Gasteiger partial charge in [0, 0.05) is 6.54 Å². The minimum Gasteiger partial charge on any atom is -0.481 e. The van der Waals surface area contributed by atoms with Gasteiger partial charge in [-0.15, -0.1) is 0 Å². The van der Waals surface area contributed by atoms with Crippen LogP contribution in [0, 0.1) is 17.8 Å². The number of carboxylic acid groups (broad SMARTS) is 1. The summed E-state index contributed by atoms with van der Waals surface area (Å²) in [7, 11) is 0. The fourth-order valence-electron chi connectivity index (χ4n) is 2.74. The van der Waals surface area contributed by atoms with Crippen LogP contribution in [0.5, 0.6) is 0 Å². The van der Waals surface area contributed by atoms with Gasteiger partial charge in [-0.3, -0.25) is 9.59 Å². The first kappa shape index (κ1) is 16.0. The Labute approximate surface area is 114 Å². The molecule has 0 radical (unpaired) electrons. The molecular formula is C14H25NO4. The van der Waals surface area contributed by atoms with Gasteiger partial charge in [-0.2, -0.15) is 0 Å². The fourth-order valence-corrected chi connectivity index (χ4v) is 2.74. The van der Waals surface area contributed by atoms with Gasteiger partial charge in [-0.05, 0) is 31.6 Å². The molecule has 5 nitrogen and oxygen atoms in total. The average molecular weight is 271 g/mol. The Morgan fingerprint density at radius 1 is 1.26 bits per heavy atom. The third kappa shape index (κ3) is 4.49. The summed E-state index contributed by atoms with van der Waals surface area (Å²) in [5.41, 5.74) is 0. The molecule has 1 aliphatic rings. The van der Waals surface area contributed by atoms with E-state index >= 15 is 0 Å². The topological polar surface area (TPSA) is 86.6 Å². The maximum atomic E-state index is 12.0. The molecule has 19 heavy (non-hydrogen) atoms. The van der Waals surface area contributed by atoms with Gasteiger partial charge in [0.1, 0.15) is 0 Å². The van der Waals surface area contributed by atoms with E-state index in [1.807, 2.05) is 13.8 Å². The highest BCUT2D eigenvalue weighted by molar-refractivity contribution is 5.85. The molecule has 0 heterocycles. The molecule has 0 aromatic heterocycles. The van der Waals surface area contributed by atoms with E-state index in [4.69, 9.17) is 0 Å². The lowest BCUT2D eigenvalue weighted by molar-refractivity contribution is -0.146. The van der Waals surface area contributed by atoms with Crippen molar-refractivity contribution in [3.05, 3.63) is 0 Å². The van der Waals surface area contributed by atoms with Gasteiger partial charge in [0.2, 0.25) is 5.91 Å². The number of amides is 1. The van der Waals surface area contributed by atoms with Crippen molar-refractivity contribution in [2.75, 3.05) is 6.54 Å². The molecule has 0 aliphatic heterocycles. The van der Waals surface area contributed by atoms with E-state index < -0.39 is 23.9 Å². The molecule has 0 saturated heterocycles. The number of aliphatic hydroxyl groups excluding tert-OH is 1. The van der Waals surface area contributed by atoms with Crippen LogP contribution in [0.4, 0.5) is 0 Å². The predicted molar refractivity (Wildman–Crippen MR) is 71.6 cm³/mol. The average Bonchev–Trinajstić information content (AvgIpc) is 2.82. The Bertz CT molecular complexity index is 319. The fraction of sp³-hybridized carbons (Fsp3) is 0.857. The summed E-state index contributed by atoms with van der Waals surface area (Å²) in [6.07, 6.45) is 2.96. The molecule has 110 valence electrons. The van der Waals surface area contributed by atoms with Crippen LogP contribution in [0.1, 0.15) is 46.0 Å². The van der Waals surface area contributed by atoms with Crippen molar-refractivity contribution in [3.8, 4) is 0 Å². The maximum absolute atomic E-state index is 12.0. The molecule has 1 aliphatic carbocycles. The number of aliphatic carboxylic acids is 1. The zero-order chi connectivity index (χ0) is 14.4. The Morgan fingerprint density at radius 2 is 1.89 bits per heavy atom. The van der Waals surface area contributed by atoms with Crippen LogP contribution in [0.2, 0.25) is 0 Å². The Balaban J connectivity index is 2.47. The number of hydrogen-bond donors (Lipinski definition) is 3. The number of rotatable bonds is 7. The number of carboxylic acids is 1. The highest BCUT2D eigenvalue weighted by Gasteiger charge is 2.41. The maximum Gasteiger partial charge on any atom is 0.307 e. The number of carbonyl (C=O) groups is 2. The summed E-state index contributed by atoms with van der Waals surface area (Å²) in [6, 6.07) is 0. The molecule has 1 saturated carbocycles. The van der Waals surface area contributed by atoms with E-state index in [-0.39, 0.29) is 5.91 Å². The van der Waals surface area contributed by atoms with Crippen molar-refractivity contribution >= 4 is 11.9 Å². The highest BCUT2D eigenvalue weighted by Crippen LogP contribution is 2.38. The van der Waals surface area contributed by atoms with E-state index in [2.05, 4.69) is 5.32 Å². The standard InChI is InChI=1S/C14H25NO4/c1-3-9-7-11(12(8-9)14(18)19)13(17)15-6-5-10(16)4-2/h9-12,16H,3-8H2,1-2H3,(H,15,17)(H,18,19). The van der Waals surface area contributed by atoms with Gasteiger partial charge in [0.25, 0.3) is 0 Å². The number of aliphatic hydroxyl groups is 1. The normalized spacial score (nSPS) is 28.1. The van der Waals surface area contributed by atoms with Gasteiger partial charge in [0.15, 0.2) is 0 Å². The molecule has 0 bridgehead atoms. The highest BCUT2D eigenvalue weighted by atomic mass is 16.4. The van der Waals surface area contributed by atoms with Crippen LogP contribution >= 0.6 is 0 Å². The lowest BCUT2D eigenvalue weighted by Crippen LogP contribution is -2.36. The van der Waals surface area contributed by atoms with Crippen LogP contribution in [0.15, 0.2) is 0 Å². The van der Waals surface area contributed by atoms with Crippen molar-refractivity contribution in [1.82, 2.24) is 5.32 Å². The van der Waals surface area contributed by atoms with Gasteiger partial charge in [-0.1, -0.05) is 20.3 Å². The molecule has 5 heteroatoms. The number of nitrogens with one attached hydrogen (secondary N) is 1. The summed E-state index contributed by atoms with van der Waals surface area (Å²) >= 11 is 0. The third-order valence-corrected chi connectivity index (χ3v) is 4.14. The first-order chi connectivity index (χ1) is 8.99. The summed E-state index contributed by atoms with van der Waals surface area (Å²) in [4.78, 5) is 23.2. The van der Waals surface area contributed by atoms with Crippen molar-refractivity contribution < 1.29 is 19.8 Å². The smallest absolute Gasteiger partial charge is 0.307 e. The van der Waals surface area contributed by atoms with Crippen molar-refractivity contribution in [2.45, 2.75) is 52.1 Å². The van der Waals surface area contributed by atoms with Crippen LogP contribution in [-0.2, 0) is 9.59 Å². The lowest BCUT2D eigenvalue weighted by atomic mass is 9.95. The summed E-state index contributed by atoms with van der Waals surface area (Å²) in [5, 5.41) is 21.3. The molecule has 0 spiro atoms. The number of carbonyl (C=O) groups excluding carboxylic acids is 1. The Hall–Kier alpha value is -1.10. The van der Waals surface area contributed by atoms with E-state index in [0.29, 0.717) is 38.1 Å². The summed E-state index contributed by atoms with van der Waals surface area (Å²) < 4.78 is 0. The van der Waals surface area contributed by atoms with Crippen LogP contribution in [0.25, 0.3) is 0 Å². The van der Waals surface area contributed by atoms with E-state index in [9.17, 15) is 19.8 Å². The van der Waals surface area contributed by atoms with Gasteiger partial charge in [0.05, 0.1) is 17.9 Å². The second-order valence-corrected chi connectivity index (χ2v) is 5.44. The molecule has 1 amide bonds. The SMILES string of the molecule is CCC(O)CCNC(=O)C1CC(CC)CC1C(=O)O. The second kappa shape index (κ2) is 7.48. The van der Waals surface area contributed by atoms with Crippen LogP contribution in [0.3, 0.4) is 0 Å². The van der Waals surface area contributed by atoms with E-state index in [0.717, 1.165) is 6.42 Å². The molecule has 4 unspecified atom stereocenters. The Kier molecular flexibility index (Phi) is 6.28. The minimum atomic E-state index is -0.871. The summed E-state index contributed by atoms with van der Waals surface area (Å²) in [5.74, 6) is -1.68. The van der Waals surface area contributed by atoms with Crippen LogP contribution < -0.4 is 5.32 Å². The zero-order valence-corrected chi connectivity index (χ0v) is 11.8. The van der Waals surface area contributed by atoms with Crippen molar-refractivity contribution in [1.29, 1.82) is 0 Å². The number of hydrogen-bond acceptors (Lipinski definition) is 3. The predicted octanol–water partition coefficient (Wildman–Crippen LogP) is 1.40. The quantitative estimate of drug-likeness (QED) is 0.653. The van der Waals surface area contributed by atoms with E-state index in [1.54, 1.807) is 0 Å². The van der Waals surface area contributed by atoms with Gasteiger partial charge in [-0.25, -0.2) is 0 Å². The van der Waals surface area contributed by atoms with Crippen molar-refractivity contribution in [3.63, 3.8) is 0 Å². The lowest BCUT2D eigenvalue weighted by Gasteiger charge is -2.16. The minimum absolute atomic E-state index is 0.174. The monoisotopic (exact) mass is 271 g/mol. The largest absolute Gasteiger partial charge is 0.481 e. The molecular weight excluding hydrogens is 246 g/mol. The molecule has 1 rings (SSSR count). The summed E-state index contributed by atoms with van der Waals surface area (Å²) in [6.45, 7) is 4.32. The molecule has 4 atom stereocenters. The molecule has 1 fully saturated rings. The second-order valence-electron chi connectivity index (χ2n) is 5.44. The molecule has 0 aromatic rings. The van der Waals surface area contributed by atoms with Gasteiger partial charge >= 0.3 is 5.97 Å². The third-order valence-electron chi connectivity index (χ3n) is 4.14. The van der Waals surface area contributed by atoms with Crippen molar-refractivity contribution in [2.24, 2.45) is 17.8 Å².